The van der Waals surface area contributed by atoms with Crippen molar-refractivity contribution in [2.75, 3.05) is 44.7 Å². The van der Waals surface area contributed by atoms with Crippen LogP contribution in [0.5, 0.6) is 5.75 Å². The zero-order chi connectivity index (χ0) is 28.1. The Hall–Kier alpha value is -3.32. The van der Waals surface area contributed by atoms with Gasteiger partial charge in [-0.15, -0.1) is 0 Å². The molecule has 1 atom stereocenters. The number of hydrogen-bond donors (Lipinski definition) is 1. The zero-order valence-corrected chi connectivity index (χ0v) is 24.8. The number of hydrogen-bond acceptors (Lipinski definition) is 5. The molecule has 2 heterocycles. The predicted octanol–water partition coefficient (Wildman–Crippen LogP) is 5.76. The summed E-state index contributed by atoms with van der Waals surface area (Å²) in [7, 11) is 3.60. The molecule has 0 spiro atoms. The highest BCUT2D eigenvalue weighted by Gasteiger charge is 2.27. The Kier molecular flexibility index (Phi) is 9.33. The number of methoxy groups -OCH3 is 1. The summed E-state index contributed by atoms with van der Waals surface area (Å²) in [4.78, 5) is 18.4. The molecule has 2 aromatic carbocycles. The molecule has 0 bridgehead atoms. The highest BCUT2D eigenvalue weighted by Crippen LogP contribution is 2.34. The molecule has 1 aliphatic heterocycles. The van der Waals surface area contributed by atoms with Gasteiger partial charge in [-0.05, 0) is 74.9 Å². The molecule has 3 aromatic rings. The Bertz CT molecular complexity index is 1270. The summed E-state index contributed by atoms with van der Waals surface area (Å²) in [5.41, 5.74) is 6.83. The van der Waals surface area contributed by atoms with Gasteiger partial charge in [0.1, 0.15) is 5.75 Å². The lowest BCUT2D eigenvalue weighted by atomic mass is 9.99. The van der Waals surface area contributed by atoms with E-state index in [9.17, 15) is 4.79 Å². The molecule has 1 unspecified atom stereocenters. The number of carbonyl (C=O) groups excluding carboxylic acids is 1. The van der Waals surface area contributed by atoms with Gasteiger partial charge in [-0.3, -0.25) is 14.4 Å². The summed E-state index contributed by atoms with van der Waals surface area (Å²) in [6.45, 7) is 15.5. The van der Waals surface area contributed by atoms with Crippen molar-refractivity contribution in [2.24, 2.45) is 13.0 Å². The summed E-state index contributed by atoms with van der Waals surface area (Å²) < 4.78 is 7.44. The lowest BCUT2D eigenvalue weighted by Gasteiger charge is -2.36. The number of rotatable bonds is 8. The van der Waals surface area contributed by atoms with Crippen LogP contribution in [-0.2, 0) is 7.05 Å². The van der Waals surface area contributed by atoms with Gasteiger partial charge < -0.3 is 15.0 Å². The molecule has 0 radical (unpaired) electrons. The van der Waals surface area contributed by atoms with E-state index in [4.69, 9.17) is 4.74 Å². The van der Waals surface area contributed by atoms with Crippen molar-refractivity contribution in [3.8, 4) is 16.9 Å². The third kappa shape index (κ3) is 6.82. The highest BCUT2D eigenvalue weighted by molar-refractivity contribution is 5.97. The van der Waals surface area contributed by atoms with Crippen molar-refractivity contribution < 1.29 is 9.53 Å². The Balaban J connectivity index is 0.00000172. The molecule has 7 heteroatoms. The van der Waals surface area contributed by atoms with Crippen molar-refractivity contribution in [2.45, 2.75) is 53.5 Å². The number of nitrogens with zero attached hydrogens (tertiary/aromatic N) is 4. The average Bonchev–Trinajstić information content (AvgIpc) is 3.70. The topological polar surface area (TPSA) is 62.6 Å². The van der Waals surface area contributed by atoms with Gasteiger partial charge in [0.2, 0.25) is 0 Å². The van der Waals surface area contributed by atoms with Crippen LogP contribution in [0.25, 0.3) is 11.1 Å². The molecular formula is C32H45N5O2. The number of benzene rings is 2. The van der Waals surface area contributed by atoms with Gasteiger partial charge >= 0.3 is 0 Å². The van der Waals surface area contributed by atoms with Crippen LogP contribution in [0.1, 0.15) is 66.8 Å². The quantitative estimate of drug-likeness (QED) is 0.400. The van der Waals surface area contributed by atoms with Crippen molar-refractivity contribution in [1.82, 2.24) is 20.0 Å². The second-order valence-electron chi connectivity index (χ2n) is 10.7. The van der Waals surface area contributed by atoms with E-state index >= 15 is 0 Å². The van der Waals surface area contributed by atoms with Gasteiger partial charge in [-0.2, -0.15) is 5.10 Å². The van der Waals surface area contributed by atoms with E-state index in [1.54, 1.807) is 7.11 Å². The molecule has 1 saturated carbocycles. The highest BCUT2D eigenvalue weighted by atomic mass is 16.5. The van der Waals surface area contributed by atoms with E-state index in [1.165, 1.54) is 19.4 Å². The van der Waals surface area contributed by atoms with Crippen molar-refractivity contribution in [3.63, 3.8) is 0 Å². The number of aromatic nitrogens is 2. The average molecular weight is 532 g/mol. The van der Waals surface area contributed by atoms with Crippen LogP contribution in [0.15, 0.2) is 42.6 Å². The second kappa shape index (κ2) is 12.7. The minimum absolute atomic E-state index is 0.0471. The number of carbonyl (C=O) groups is 1. The fourth-order valence-corrected chi connectivity index (χ4v) is 5.33. The third-order valence-corrected chi connectivity index (χ3v) is 7.79. The molecule has 39 heavy (non-hydrogen) atoms. The molecule has 2 aliphatic rings. The number of ether oxygens (including phenoxy) is 1. The van der Waals surface area contributed by atoms with Gasteiger partial charge in [-0.25, -0.2) is 0 Å². The molecule has 1 amide bonds. The fraction of sp³-hybridized carbons (Fsp3) is 0.500. The lowest BCUT2D eigenvalue weighted by molar-refractivity contribution is 0.0939. The standard InChI is InChI=1S/C30H39N5O2.C2H6/c1-20-6-10-25(35-14-12-34(13-15-35)18-23-7-8-23)17-26(20)30(36)31-21(2)24-9-11-29(37-5)27(16-24)28-19-33(4)32-22(28)3;1-2/h6,9-11,16-17,19,21,23H,7-8,12-15,18H2,1-5H3,(H,31,36);1-2H3. The summed E-state index contributed by atoms with van der Waals surface area (Å²) >= 11 is 0. The Morgan fingerprint density at radius 3 is 2.38 bits per heavy atom. The van der Waals surface area contributed by atoms with Crippen molar-refractivity contribution in [3.05, 3.63) is 65.0 Å². The first-order chi connectivity index (χ1) is 18.8. The van der Waals surface area contributed by atoms with Gasteiger partial charge in [0.15, 0.2) is 0 Å². The monoisotopic (exact) mass is 531 g/mol. The minimum Gasteiger partial charge on any atom is -0.496 e. The minimum atomic E-state index is -0.164. The summed E-state index contributed by atoms with van der Waals surface area (Å²) in [5, 5.41) is 7.71. The van der Waals surface area contributed by atoms with E-state index in [-0.39, 0.29) is 11.9 Å². The Morgan fingerprint density at radius 1 is 1.05 bits per heavy atom. The summed E-state index contributed by atoms with van der Waals surface area (Å²) in [6.07, 6.45) is 4.80. The molecule has 210 valence electrons. The molecule has 1 N–H and O–H groups in total. The van der Waals surface area contributed by atoms with Crippen molar-refractivity contribution >= 4 is 11.6 Å². The number of nitrogens with one attached hydrogen (secondary N) is 1. The normalized spacial score (nSPS) is 16.3. The van der Waals surface area contributed by atoms with Crippen LogP contribution in [0, 0.1) is 19.8 Å². The van der Waals surface area contributed by atoms with Crippen LogP contribution in [-0.4, -0.2) is 60.4 Å². The molecule has 2 fully saturated rings. The van der Waals surface area contributed by atoms with Crippen LogP contribution in [0.3, 0.4) is 0 Å². The predicted molar refractivity (Wildman–Crippen MR) is 160 cm³/mol. The van der Waals surface area contributed by atoms with Gasteiger partial charge in [0, 0.05) is 68.3 Å². The summed E-state index contributed by atoms with van der Waals surface area (Å²) in [5.74, 6) is 1.67. The SMILES string of the molecule is CC.COc1ccc(C(C)NC(=O)c2cc(N3CCN(CC4CC4)CC3)ccc2C)cc1-c1cn(C)nc1C. The number of aryl methyl sites for hydroxylation is 3. The molecule has 1 aliphatic carbocycles. The lowest BCUT2D eigenvalue weighted by Crippen LogP contribution is -2.47. The maximum Gasteiger partial charge on any atom is 0.252 e. The molecular weight excluding hydrogens is 486 g/mol. The summed E-state index contributed by atoms with van der Waals surface area (Å²) in [6, 6.07) is 12.2. The molecule has 1 aromatic heterocycles. The van der Waals surface area contributed by atoms with E-state index < -0.39 is 0 Å². The van der Waals surface area contributed by atoms with E-state index in [1.807, 2.05) is 64.7 Å². The van der Waals surface area contributed by atoms with Gasteiger partial charge in [0.25, 0.3) is 5.91 Å². The van der Waals surface area contributed by atoms with Crippen LogP contribution in [0.4, 0.5) is 5.69 Å². The van der Waals surface area contributed by atoms with Gasteiger partial charge in [-0.1, -0.05) is 26.0 Å². The second-order valence-corrected chi connectivity index (χ2v) is 10.7. The first kappa shape index (κ1) is 28.7. The molecule has 1 saturated heterocycles. The van der Waals surface area contributed by atoms with Crippen LogP contribution in [0.2, 0.25) is 0 Å². The largest absolute Gasteiger partial charge is 0.496 e. The van der Waals surface area contributed by atoms with Gasteiger partial charge in [0.05, 0.1) is 18.8 Å². The first-order valence-corrected chi connectivity index (χ1v) is 14.4. The smallest absolute Gasteiger partial charge is 0.252 e. The molecule has 7 nitrogen and oxygen atoms in total. The first-order valence-electron chi connectivity index (χ1n) is 14.4. The maximum absolute atomic E-state index is 13.4. The molecule has 5 rings (SSSR count). The maximum atomic E-state index is 13.4. The van der Waals surface area contributed by atoms with Crippen LogP contribution >= 0.6 is 0 Å². The van der Waals surface area contributed by atoms with E-state index in [2.05, 4.69) is 44.5 Å². The van der Waals surface area contributed by atoms with E-state index in [0.717, 1.165) is 77.0 Å². The Morgan fingerprint density at radius 2 is 1.77 bits per heavy atom. The Labute approximate surface area is 234 Å². The number of amides is 1. The van der Waals surface area contributed by atoms with Crippen LogP contribution < -0.4 is 15.0 Å². The number of anilines is 1. The number of piperazine rings is 1. The third-order valence-electron chi connectivity index (χ3n) is 7.79. The zero-order valence-electron chi connectivity index (χ0n) is 24.8. The van der Waals surface area contributed by atoms with E-state index in [0.29, 0.717) is 0 Å². The fourth-order valence-electron chi connectivity index (χ4n) is 5.33. The van der Waals surface area contributed by atoms with Crippen molar-refractivity contribution in [1.29, 1.82) is 0 Å².